The molecule has 1 aromatic heterocycles. The van der Waals surface area contributed by atoms with Gasteiger partial charge >= 0.3 is 6.09 Å². The Morgan fingerprint density at radius 2 is 1.95 bits per heavy atom. The fraction of sp³-hybridized carbons (Fsp3) is 0.438. The summed E-state index contributed by atoms with van der Waals surface area (Å²) in [6, 6.07) is 8.38. The van der Waals surface area contributed by atoms with Gasteiger partial charge in [-0.3, -0.25) is 0 Å². The number of hydrogen-bond acceptors (Lipinski definition) is 3. The third kappa shape index (κ3) is 2.82. The first-order valence-electron chi connectivity index (χ1n) is 7.42. The zero-order chi connectivity index (χ0) is 14.8. The minimum atomic E-state index is -0.204. The number of ether oxygens (including phenoxy) is 1. The van der Waals surface area contributed by atoms with Crippen LogP contribution in [0.1, 0.15) is 13.8 Å². The van der Waals surface area contributed by atoms with Crippen molar-refractivity contribution in [2.24, 2.45) is 0 Å². The minimum absolute atomic E-state index is 0.0656. The monoisotopic (exact) mass is 287 g/mol. The van der Waals surface area contributed by atoms with Crippen LogP contribution in [0.2, 0.25) is 0 Å². The number of piperazine rings is 1. The molecule has 5 nitrogen and oxygen atoms in total. The van der Waals surface area contributed by atoms with Crippen molar-refractivity contribution in [3.63, 3.8) is 0 Å². The van der Waals surface area contributed by atoms with Crippen LogP contribution in [0, 0.1) is 0 Å². The Morgan fingerprint density at radius 1 is 1.19 bits per heavy atom. The molecule has 3 rings (SSSR count). The Morgan fingerprint density at radius 3 is 2.67 bits per heavy atom. The van der Waals surface area contributed by atoms with Crippen molar-refractivity contribution in [1.82, 2.24) is 9.88 Å². The van der Waals surface area contributed by atoms with Gasteiger partial charge in [0.2, 0.25) is 0 Å². The number of nitrogens with zero attached hydrogens (tertiary/aromatic N) is 2. The maximum Gasteiger partial charge on any atom is 0.410 e. The Bertz CT molecular complexity index is 627. The summed E-state index contributed by atoms with van der Waals surface area (Å²) in [5, 5.41) is 1.23. The van der Waals surface area contributed by atoms with Crippen LogP contribution in [-0.4, -0.2) is 48.3 Å². The van der Waals surface area contributed by atoms with Crippen LogP contribution in [0.5, 0.6) is 0 Å². The number of hydrogen-bond donors (Lipinski definition) is 1. The number of aromatic nitrogens is 1. The molecular weight excluding hydrogens is 266 g/mol. The maximum absolute atomic E-state index is 11.9. The molecule has 1 aromatic carbocycles. The van der Waals surface area contributed by atoms with Gasteiger partial charge in [0.25, 0.3) is 0 Å². The molecular formula is C16H21N3O2. The van der Waals surface area contributed by atoms with E-state index in [4.69, 9.17) is 4.74 Å². The first-order chi connectivity index (χ1) is 10.1. The standard InChI is InChI=1S/C16H21N3O2/c1-12(2)21-16(20)19-10-8-18(9-11-19)15-5-3-4-14-13(15)6-7-17-14/h3-7,12,17H,8-11H2,1-2H3. The van der Waals surface area contributed by atoms with E-state index in [2.05, 4.69) is 34.1 Å². The summed E-state index contributed by atoms with van der Waals surface area (Å²) in [6.07, 6.45) is 1.69. The molecule has 0 unspecified atom stereocenters. The lowest BCUT2D eigenvalue weighted by Crippen LogP contribution is -2.49. The molecule has 21 heavy (non-hydrogen) atoms. The summed E-state index contributed by atoms with van der Waals surface area (Å²) >= 11 is 0. The van der Waals surface area contributed by atoms with Gasteiger partial charge in [0.1, 0.15) is 0 Å². The predicted octanol–water partition coefficient (Wildman–Crippen LogP) is 2.83. The molecule has 0 radical (unpaired) electrons. The molecule has 1 amide bonds. The van der Waals surface area contributed by atoms with E-state index in [-0.39, 0.29) is 12.2 Å². The highest BCUT2D eigenvalue weighted by atomic mass is 16.6. The quantitative estimate of drug-likeness (QED) is 0.924. The van der Waals surface area contributed by atoms with E-state index in [1.807, 2.05) is 20.0 Å². The first-order valence-corrected chi connectivity index (χ1v) is 7.42. The molecule has 1 aliphatic rings. The van der Waals surface area contributed by atoms with Crippen molar-refractivity contribution in [2.75, 3.05) is 31.1 Å². The van der Waals surface area contributed by atoms with Gasteiger partial charge in [-0.1, -0.05) is 6.07 Å². The molecule has 0 atom stereocenters. The van der Waals surface area contributed by atoms with E-state index >= 15 is 0 Å². The second-order valence-electron chi connectivity index (χ2n) is 5.62. The lowest BCUT2D eigenvalue weighted by Gasteiger charge is -2.36. The van der Waals surface area contributed by atoms with Crippen molar-refractivity contribution in [2.45, 2.75) is 20.0 Å². The number of carbonyl (C=O) groups excluding carboxylic acids is 1. The lowest BCUT2D eigenvalue weighted by atomic mass is 10.2. The van der Waals surface area contributed by atoms with Crippen LogP contribution in [-0.2, 0) is 4.74 Å². The van der Waals surface area contributed by atoms with Gasteiger partial charge in [-0.25, -0.2) is 4.79 Å². The van der Waals surface area contributed by atoms with Crippen molar-refractivity contribution < 1.29 is 9.53 Å². The zero-order valence-electron chi connectivity index (χ0n) is 12.5. The van der Waals surface area contributed by atoms with Crippen LogP contribution in [0.15, 0.2) is 30.5 Å². The Kier molecular flexibility index (Phi) is 3.73. The molecule has 0 saturated carbocycles. The Balaban J connectivity index is 1.68. The lowest BCUT2D eigenvalue weighted by molar-refractivity contribution is 0.0751. The van der Waals surface area contributed by atoms with Gasteiger partial charge in [-0.05, 0) is 32.0 Å². The molecule has 1 saturated heterocycles. The third-order valence-corrected chi connectivity index (χ3v) is 3.79. The van der Waals surface area contributed by atoms with Gasteiger partial charge in [0, 0.05) is 49.0 Å². The fourth-order valence-electron chi connectivity index (χ4n) is 2.75. The van der Waals surface area contributed by atoms with Crippen LogP contribution in [0.4, 0.5) is 10.5 Å². The number of anilines is 1. The molecule has 1 N–H and O–H groups in total. The van der Waals surface area contributed by atoms with Crippen LogP contribution >= 0.6 is 0 Å². The number of rotatable bonds is 2. The van der Waals surface area contributed by atoms with Crippen LogP contribution in [0.3, 0.4) is 0 Å². The number of nitrogens with one attached hydrogen (secondary N) is 1. The smallest absolute Gasteiger partial charge is 0.410 e. The molecule has 2 heterocycles. The first kappa shape index (κ1) is 13.8. The number of H-pyrrole nitrogens is 1. The highest BCUT2D eigenvalue weighted by molar-refractivity contribution is 5.92. The van der Waals surface area contributed by atoms with Gasteiger partial charge in [0.05, 0.1) is 6.10 Å². The van der Waals surface area contributed by atoms with E-state index in [1.165, 1.54) is 11.1 Å². The maximum atomic E-state index is 11.9. The van der Waals surface area contributed by atoms with E-state index in [0.29, 0.717) is 13.1 Å². The Labute approximate surface area is 124 Å². The van der Waals surface area contributed by atoms with Crippen LogP contribution < -0.4 is 4.90 Å². The summed E-state index contributed by atoms with van der Waals surface area (Å²) in [7, 11) is 0. The van der Waals surface area contributed by atoms with Gasteiger partial charge < -0.3 is 19.5 Å². The zero-order valence-corrected chi connectivity index (χ0v) is 12.5. The normalized spacial score (nSPS) is 15.8. The van der Waals surface area contributed by atoms with E-state index < -0.39 is 0 Å². The molecule has 1 aliphatic heterocycles. The van der Waals surface area contributed by atoms with Gasteiger partial charge in [-0.15, -0.1) is 0 Å². The molecule has 1 fully saturated rings. The predicted molar refractivity (Wildman–Crippen MR) is 83.7 cm³/mol. The van der Waals surface area contributed by atoms with Crippen molar-refractivity contribution in [3.05, 3.63) is 30.5 Å². The van der Waals surface area contributed by atoms with Crippen molar-refractivity contribution in [1.29, 1.82) is 0 Å². The number of fused-ring (bicyclic) bond motifs is 1. The molecule has 5 heteroatoms. The number of amides is 1. The largest absolute Gasteiger partial charge is 0.447 e. The highest BCUT2D eigenvalue weighted by Crippen LogP contribution is 2.27. The molecule has 0 bridgehead atoms. The SMILES string of the molecule is CC(C)OC(=O)N1CCN(c2cccc3[nH]ccc23)CC1. The van der Waals surface area contributed by atoms with Gasteiger partial charge in [-0.2, -0.15) is 0 Å². The number of aromatic amines is 1. The van der Waals surface area contributed by atoms with Crippen LogP contribution in [0.25, 0.3) is 10.9 Å². The topological polar surface area (TPSA) is 48.6 Å². The molecule has 0 spiro atoms. The summed E-state index contributed by atoms with van der Waals surface area (Å²) in [4.78, 5) is 19.3. The molecule has 0 aliphatic carbocycles. The average molecular weight is 287 g/mol. The summed E-state index contributed by atoms with van der Waals surface area (Å²) in [5.74, 6) is 0. The summed E-state index contributed by atoms with van der Waals surface area (Å²) < 4.78 is 5.25. The van der Waals surface area contributed by atoms with E-state index in [0.717, 1.165) is 18.6 Å². The summed E-state index contributed by atoms with van der Waals surface area (Å²) in [6.45, 7) is 6.81. The summed E-state index contributed by atoms with van der Waals surface area (Å²) in [5.41, 5.74) is 2.37. The molecule has 2 aromatic rings. The highest BCUT2D eigenvalue weighted by Gasteiger charge is 2.23. The molecule has 112 valence electrons. The minimum Gasteiger partial charge on any atom is -0.447 e. The third-order valence-electron chi connectivity index (χ3n) is 3.79. The van der Waals surface area contributed by atoms with E-state index in [1.54, 1.807) is 4.90 Å². The number of benzene rings is 1. The van der Waals surface area contributed by atoms with Crippen molar-refractivity contribution in [3.8, 4) is 0 Å². The second-order valence-corrected chi connectivity index (χ2v) is 5.62. The average Bonchev–Trinajstić information content (AvgIpc) is 2.95. The fourth-order valence-corrected chi connectivity index (χ4v) is 2.75. The Hall–Kier alpha value is -2.17. The van der Waals surface area contributed by atoms with E-state index in [9.17, 15) is 4.79 Å². The van der Waals surface area contributed by atoms with Gasteiger partial charge in [0.15, 0.2) is 0 Å². The number of carbonyl (C=O) groups is 1. The van der Waals surface area contributed by atoms with Crippen molar-refractivity contribution >= 4 is 22.7 Å². The second kappa shape index (κ2) is 5.68.